The molecule has 0 spiro atoms. The van der Waals surface area contributed by atoms with Crippen molar-refractivity contribution in [3.63, 3.8) is 0 Å². The molecule has 2 aromatic rings. The standard InChI is InChI=1S/C19H24N4OS/c1-6-15-14(8-13-10-20-19(25-5)21-11-13)9-17(23-16(15)7-2)18(24)22-12(3)4/h6-7,9-12H,8H2,1-5H3,(H,22,24)/b15-6-,16-7+. The van der Waals surface area contributed by atoms with Crippen LogP contribution in [0.25, 0.3) is 12.2 Å². The Morgan fingerprint density at radius 3 is 2.44 bits per heavy atom. The van der Waals surface area contributed by atoms with Crippen molar-refractivity contribution in [2.75, 3.05) is 6.26 Å². The van der Waals surface area contributed by atoms with E-state index in [0.717, 1.165) is 26.9 Å². The van der Waals surface area contributed by atoms with Gasteiger partial charge in [0.15, 0.2) is 5.16 Å². The van der Waals surface area contributed by atoms with E-state index in [1.54, 1.807) is 0 Å². The van der Waals surface area contributed by atoms with Gasteiger partial charge in [-0.3, -0.25) is 4.79 Å². The maximum atomic E-state index is 12.4. The van der Waals surface area contributed by atoms with Crippen molar-refractivity contribution in [2.24, 2.45) is 0 Å². The van der Waals surface area contributed by atoms with Crippen LogP contribution in [0.3, 0.4) is 0 Å². The number of hydrogen-bond donors (Lipinski definition) is 1. The van der Waals surface area contributed by atoms with Crippen LogP contribution in [0.4, 0.5) is 0 Å². The van der Waals surface area contributed by atoms with E-state index >= 15 is 0 Å². The number of pyridine rings is 1. The van der Waals surface area contributed by atoms with Crippen LogP contribution in [-0.4, -0.2) is 33.2 Å². The van der Waals surface area contributed by atoms with E-state index in [1.807, 2.05) is 64.6 Å². The molecule has 0 saturated carbocycles. The summed E-state index contributed by atoms with van der Waals surface area (Å²) in [6, 6.07) is 1.93. The van der Waals surface area contributed by atoms with Gasteiger partial charge in [0, 0.05) is 24.9 Å². The van der Waals surface area contributed by atoms with E-state index in [0.29, 0.717) is 12.1 Å². The van der Waals surface area contributed by atoms with Gasteiger partial charge in [0.2, 0.25) is 0 Å². The Balaban J connectivity index is 2.48. The quantitative estimate of drug-likeness (QED) is 0.655. The summed E-state index contributed by atoms with van der Waals surface area (Å²) in [6.07, 6.45) is 10.2. The number of aromatic nitrogens is 3. The maximum Gasteiger partial charge on any atom is 0.270 e. The molecule has 5 nitrogen and oxygen atoms in total. The second-order valence-corrected chi connectivity index (χ2v) is 6.70. The Kier molecular flexibility index (Phi) is 6.70. The van der Waals surface area contributed by atoms with Crippen LogP contribution in [0.5, 0.6) is 0 Å². The number of hydrogen-bond acceptors (Lipinski definition) is 5. The third kappa shape index (κ3) is 4.89. The first-order valence-corrected chi connectivity index (χ1v) is 9.49. The number of nitrogens with one attached hydrogen (secondary N) is 1. The molecule has 0 aliphatic rings. The van der Waals surface area contributed by atoms with Gasteiger partial charge in [-0.2, -0.15) is 0 Å². The van der Waals surface area contributed by atoms with Gasteiger partial charge in [0.1, 0.15) is 5.69 Å². The molecule has 0 bridgehead atoms. The zero-order chi connectivity index (χ0) is 18.4. The van der Waals surface area contributed by atoms with Crippen molar-refractivity contribution in [3.05, 3.63) is 45.8 Å². The summed E-state index contributed by atoms with van der Waals surface area (Å²) in [4.78, 5) is 25.6. The number of nitrogens with zero attached hydrogens (tertiary/aromatic N) is 3. The maximum absolute atomic E-state index is 12.4. The van der Waals surface area contributed by atoms with Crippen molar-refractivity contribution in [1.82, 2.24) is 20.3 Å². The second-order valence-electron chi connectivity index (χ2n) is 5.93. The number of carbonyl (C=O) groups is 1. The molecule has 1 N–H and O–H groups in total. The third-order valence-corrected chi connectivity index (χ3v) is 4.22. The molecule has 6 heteroatoms. The first-order chi connectivity index (χ1) is 12.0. The Labute approximate surface area is 152 Å². The molecular weight excluding hydrogens is 332 g/mol. The first kappa shape index (κ1) is 19.1. The number of carbonyl (C=O) groups excluding carboxylic acids is 1. The third-order valence-electron chi connectivity index (χ3n) is 3.65. The van der Waals surface area contributed by atoms with Crippen molar-refractivity contribution in [2.45, 2.75) is 45.3 Å². The molecule has 0 atom stereocenters. The number of amides is 1. The first-order valence-electron chi connectivity index (χ1n) is 8.26. The van der Waals surface area contributed by atoms with Gasteiger partial charge in [-0.15, -0.1) is 0 Å². The summed E-state index contributed by atoms with van der Waals surface area (Å²) >= 11 is 1.51. The predicted molar refractivity (Wildman–Crippen MR) is 103 cm³/mol. The molecule has 0 aromatic carbocycles. The van der Waals surface area contributed by atoms with Crippen molar-refractivity contribution >= 4 is 29.8 Å². The van der Waals surface area contributed by atoms with Gasteiger partial charge in [-0.1, -0.05) is 23.9 Å². The molecule has 0 radical (unpaired) electrons. The van der Waals surface area contributed by atoms with Crippen molar-refractivity contribution in [3.8, 4) is 0 Å². The summed E-state index contributed by atoms with van der Waals surface area (Å²) in [5, 5.41) is 5.51. The van der Waals surface area contributed by atoms with E-state index < -0.39 is 0 Å². The average Bonchev–Trinajstić information content (AvgIpc) is 2.61. The van der Waals surface area contributed by atoms with Gasteiger partial charge in [-0.05, 0) is 56.4 Å². The zero-order valence-corrected chi connectivity index (χ0v) is 16.1. The molecule has 2 heterocycles. The molecule has 0 unspecified atom stereocenters. The highest BCUT2D eigenvalue weighted by molar-refractivity contribution is 7.98. The Morgan fingerprint density at radius 2 is 1.92 bits per heavy atom. The number of rotatable bonds is 5. The number of thioether (sulfide) groups is 1. The van der Waals surface area contributed by atoms with E-state index in [4.69, 9.17) is 0 Å². The highest BCUT2D eigenvalue weighted by Gasteiger charge is 2.12. The molecule has 0 aliphatic heterocycles. The fraction of sp³-hybridized carbons (Fsp3) is 0.368. The molecule has 2 aromatic heterocycles. The summed E-state index contributed by atoms with van der Waals surface area (Å²) in [7, 11) is 0. The Bertz CT molecular complexity index is 860. The minimum Gasteiger partial charge on any atom is -0.349 e. The summed E-state index contributed by atoms with van der Waals surface area (Å²) in [5.74, 6) is -0.156. The van der Waals surface area contributed by atoms with Gasteiger partial charge >= 0.3 is 0 Å². The smallest absolute Gasteiger partial charge is 0.270 e. The minimum absolute atomic E-state index is 0.0664. The van der Waals surface area contributed by atoms with E-state index in [9.17, 15) is 4.79 Å². The molecule has 0 aliphatic carbocycles. The zero-order valence-electron chi connectivity index (χ0n) is 15.3. The highest BCUT2D eigenvalue weighted by atomic mass is 32.2. The van der Waals surface area contributed by atoms with Crippen LogP contribution in [0.1, 0.15) is 49.3 Å². The average molecular weight is 356 g/mol. The highest BCUT2D eigenvalue weighted by Crippen LogP contribution is 2.10. The topological polar surface area (TPSA) is 67.8 Å². The normalized spacial score (nSPS) is 12.7. The SMILES string of the molecule is C/C=c1/c(Cc2cnc(SC)nc2)cc(C(=O)NC(C)C)n/c1=C/C. The van der Waals surface area contributed by atoms with Gasteiger partial charge in [-0.25, -0.2) is 15.0 Å². The monoisotopic (exact) mass is 356 g/mol. The largest absolute Gasteiger partial charge is 0.349 e. The van der Waals surface area contributed by atoms with Crippen LogP contribution >= 0.6 is 11.8 Å². The second kappa shape index (κ2) is 8.76. The predicted octanol–water partition coefficient (Wildman–Crippen LogP) is 1.92. The lowest BCUT2D eigenvalue weighted by Gasteiger charge is -2.10. The van der Waals surface area contributed by atoms with E-state index in [1.165, 1.54) is 11.8 Å². The summed E-state index contributed by atoms with van der Waals surface area (Å²) in [6.45, 7) is 7.78. The van der Waals surface area contributed by atoms with Gasteiger partial charge < -0.3 is 5.32 Å². The van der Waals surface area contributed by atoms with E-state index in [2.05, 4.69) is 20.3 Å². The molecule has 1 amide bonds. The molecule has 132 valence electrons. The lowest BCUT2D eigenvalue weighted by molar-refractivity contribution is 0.0937. The molecule has 2 rings (SSSR count). The fourth-order valence-corrected chi connectivity index (χ4v) is 2.86. The molecule has 0 fully saturated rings. The van der Waals surface area contributed by atoms with Gasteiger partial charge in [0.05, 0.1) is 5.35 Å². The lowest BCUT2D eigenvalue weighted by Crippen LogP contribution is -2.37. The Hall–Kier alpha value is -2.21. The van der Waals surface area contributed by atoms with E-state index in [-0.39, 0.29) is 11.9 Å². The molecule has 25 heavy (non-hydrogen) atoms. The molecule has 0 saturated heterocycles. The summed E-state index contributed by atoms with van der Waals surface area (Å²) < 4.78 is 0. The van der Waals surface area contributed by atoms with Crippen LogP contribution in [0, 0.1) is 0 Å². The fourth-order valence-electron chi connectivity index (χ4n) is 2.54. The van der Waals surface area contributed by atoms with Crippen LogP contribution < -0.4 is 15.9 Å². The van der Waals surface area contributed by atoms with Crippen LogP contribution in [0.15, 0.2) is 23.6 Å². The minimum atomic E-state index is -0.156. The van der Waals surface area contributed by atoms with Crippen molar-refractivity contribution in [1.29, 1.82) is 0 Å². The van der Waals surface area contributed by atoms with Crippen LogP contribution in [0.2, 0.25) is 0 Å². The van der Waals surface area contributed by atoms with Crippen molar-refractivity contribution < 1.29 is 4.79 Å². The van der Waals surface area contributed by atoms with Crippen LogP contribution in [-0.2, 0) is 6.42 Å². The lowest BCUT2D eigenvalue weighted by atomic mass is 10.0. The van der Waals surface area contributed by atoms with Gasteiger partial charge in [0.25, 0.3) is 5.91 Å². The molecular formula is C19H24N4OS. The summed E-state index contributed by atoms with van der Waals surface area (Å²) in [5.41, 5.74) is 2.48. The Morgan fingerprint density at radius 1 is 1.24 bits per heavy atom.